The van der Waals surface area contributed by atoms with Crippen LogP contribution in [0.1, 0.15) is 42.4 Å². The smallest absolute Gasteiger partial charge is 0.416 e. The van der Waals surface area contributed by atoms with Crippen LogP contribution in [0.4, 0.5) is 18.9 Å². The summed E-state index contributed by atoms with van der Waals surface area (Å²) >= 11 is 0. The molecule has 4 nitrogen and oxygen atoms in total. The second-order valence-corrected chi connectivity index (χ2v) is 7.20. The maximum atomic E-state index is 12.8. The van der Waals surface area contributed by atoms with Crippen LogP contribution < -0.4 is 4.90 Å². The highest BCUT2D eigenvalue weighted by Gasteiger charge is 2.44. The van der Waals surface area contributed by atoms with Gasteiger partial charge in [-0.1, -0.05) is 12.1 Å². The molecule has 1 aliphatic rings. The Labute approximate surface area is 160 Å². The number of alkyl halides is 3. The number of benzene rings is 2. The summed E-state index contributed by atoms with van der Waals surface area (Å²) in [7, 11) is 0. The maximum Gasteiger partial charge on any atom is 0.416 e. The molecule has 2 atom stereocenters. The number of aliphatic carboxylic acids is 1. The van der Waals surface area contributed by atoms with Gasteiger partial charge < -0.3 is 10.0 Å². The Morgan fingerprint density at radius 1 is 1.18 bits per heavy atom. The molecule has 1 unspecified atom stereocenters. The average molecular weight is 388 g/mol. The van der Waals surface area contributed by atoms with Crippen LogP contribution >= 0.6 is 0 Å². The van der Waals surface area contributed by atoms with Gasteiger partial charge in [-0.2, -0.15) is 18.4 Å². The second kappa shape index (κ2) is 7.19. The molecular weight excluding hydrogens is 369 g/mol. The third kappa shape index (κ3) is 3.68. The van der Waals surface area contributed by atoms with Crippen molar-refractivity contribution in [3.8, 4) is 6.07 Å². The molecule has 1 saturated heterocycles. The number of halogens is 3. The lowest BCUT2D eigenvalue weighted by Gasteiger charge is -2.46. The predicted octanol–water partition coefficient (Wildman–Crippen LogP) is 4.80. The van der Waals surface area contributed by atoms with Gasteiger partial charge in [0.2, 0.25) is 0 Å². The predicted molar refractivity (Wildman–Crippen MR) is 98.0 cm³/mol. The molecule has 1 fully saturated rings. The minimum absolute atomic E-state index is 0.0923. The molecule has 0 aromatic heterocycles. The number of hydrogen-bond donors (Lipinski definition) is 1. The van der Waals surface area contributed by atoms with Gasteiger partial charge >= 0.3 is 12.1 Å². The topological polar surface area (TPSA) is 64.3 Å². The lowest BCUT2D eigenvalue weighted by Crippen LogP contribution is -2.57. The van der Waals surface area contributed by atoms with E-state index < -0.39 is 23.2 Å². The average Bonchev–Trinajstić information content (AvgIpc) is 2.68. The minimum atomic E-state index is -4.39. The fraction of sp³-hybridized carbons (Fsp3) is 0.333. The van der Waals surface area contributed by atoms with Gasteiger partial charge in [0, 0.05) is 18.2 Å². The summed E-state index contributed by atoms with van der Waals surface area (Å²) in [5.41, 5.74) is 0.0550. The van der Waals surface area contributed by atoms with Gasteiger partial charge in [0.1, 0.15) is 5.54 Å². The number of carboxylic acid groups (broad SMARTS) is 1. The summed E-state index contributed by atoms with van der Waals surface area (Å²) in [6.07, 6.45) is -3.48. The van der Waals surface area contributed by atoms with Crippen molar-refractivity contribution in [2.24, 2.45) is 0 Å². The highest BCUT2D eigenvalue weighted by atomic mass is 19.4. The van der Waals surface area contributed by atoms with Gasteiger partial charge in [0.15, 0.2) is 0 Å². The molecule has 0 spiro atoms. The van der Waals surface area contributed by atoms with E-state index in [-0.39, 0.29) is 5.92 Å². The van der Waals surface area contributed by atoms with Crippen molar-refractivity contribution >= 4 is 11.7 Å². The van der Waals surface area contributed by atoms with E-state index in [4.69, 9.17) is 5.26 Å². The molecular formula is C21H19F3N2O2. The molecule has 0 radical (unpaired) electrons. The molecule has 7 heteroatoms. The Balaban J connectivity index is 1.91. The minimum Gasteiger partial charge on any atom is -0.480 e. The molecule has 3 rings (SSSR count). The molecule has 146 valence electrons. The summed E-state index contributed by atoms with van der Waals surface area (Å²) in [4.78, 5) is 13.7. The van der Waals surface area contributed by atoms with E-state index in [0.29, 0.717) is 30.6 Å². The van der Waals surface area contributed by atoms with E-state index in [9.17, 15) is 23.1 Å². The largest absolute Gasteiger partial charge is 0.480 e. The standard InChI is InChI=1S/C21H19F3N2O2/c1-20(19(27)28)11-10-16(15-4-6-17(7-5-15)21(22,23)24)13-26(20)18-8-2-14(12-25)3-9-18/h2-9,16H,10-11,13H2,1H3,(H,27,28)/t16?,20-/m0/s1. The first-order valence-electron chi connectivity index (χ1n) is 8.83. The number of nitriles is 1. The number of carboxylic acids is 1. The van der Waals surface area contributed by atoms with Crippen LogP contribution in [0.3, 0.4) is 0 Å². The molecule has 1 N–H and O–H groups in total. The number of nitrogens with zero attached hydrogens (tertiary/aromatic N) is 2. The van der Waals surface area contributed by atoms with Crippen LogP contribution in [0.15, 0.2) is 48.5 Å². The van der Waals surface area contributed by atoms with Gasteiger partial charge in [-0.15, -0.1) is 0 Å². The van der Waals surface area contributed by atoms with Gasteiger partial charge in [-0.05, 0) is 61.7 Å². The lowest BCUT2D eigenvalue weighted by atomic mass is 9.80. The number of hydrogen-bond acceptors (Lipinski definition) is 3. The summed E-state index contributed by atoms with van der Waals surface area (Å²) in [6, 6.07) is 13.7. The molecule has 1 aliphatic heterocycles. The summed E-state index contributed by atoms with van der Waals surface area (Å²) in [5, 5.41) is 18.8. The van der Waals surface area contributed by atoms with E-state index in [1.807, 2.05) is 6.07 Å². The maximum absolute atomic E-state index is 12.8. The number of piperidine rings is 1. The first kappa shape index (κ1) is 19.7. The quantitative estimate of drug-likeness (QED) is 0.820. The van der Waals surface area contributed by atoms with Gasteiger partial charge in [-0.25, -0.2) is 4.79 Å². The van der Waals surface area contributed by atoms with Crippen LogP contribution in [-0.2, 0) is 11.0 Å². The van der Waals surface area contributed by atoms with Gasteiger partial charge in [-0.3, -0.25) is 0 Å². The van der Waals surface area contributed by atoms with Gasteiger partial charge in [0.25, 0.3) is 0 Å². The SMILES string of the molecule is C[C@@]1(C(=O)O)CCC(c2ccc(C(F)(F)F)cc2)CN1c1ccc(C#N)cc1. The van der Waals surface area contributed by atoms with Crippen molar-refractivity contribution in [3.05, 3.63) is 65.2 Å². The van der Waals surface area contributed by atoms with E-state index in [1.54, 1.807) is 36.1 Å². The zero-order valence-corrected chi connectivity index (χ0v) is 15.2. The Morgan fingerprint density at radius 3 is 2.29 bits per heavy atom. The molecule has 0 aliphatic carbocycles. The van der Waals surface area contributed by atoms with E-state index in [0.717, 1.165) is 17.7 Å². The summed E-state index contributed by atoms with van der Waals surface area (Å²) in [6.45, 7) is 2.01. The van der Waals surface area contributed by atoms with E-state index >= 15 is 0 Å². The van der Waals surface area contributed by atoms with Gasteiger partial charge in [0.05, 0.1) is 17.2 Å². The van der Waals surface area contributed by atoms with Crippen molar-refractivity contribution in [2.75, 3.05) is 11.4 Å². The molecule has 1 heterocycles. The van der Waals surface area contributed by atoms with Crippen LogP contribution in [0.5, 0.6) is 0 Å². The highest BCUT2D eigenvalue weighted by Crippen LogP contribution is 2.40. The van der Waals surface area contributed by atoms with E-state index in [2.05, 4.69) is 0 Å². The van der Waals surface area contributed by atoms with Crippen LogP contribution in [0.25, 0.3) is 0 Å². The summed E-state index contributed by atoms with van der Waals surface area (Å²) < 4.78 is 38.4. The number of carbonyl (C=O) groups is 1. The molecule has 0 amide bonds. The molecule has 0 bridgehead atoms. The van der Waals surface area contributed by atoms with Crippen LogP contribution in [-0.4, -0.2) is 23.2 Å². The number of anilines is 1. The van der Waals surface area contributed by atoms with Crippen molar-refractivity contribution in [2.45, 2.75) is 37.4 Å². The highest BCUT2D eigenvalue weighted by molar-refractivity contribution is 5.83. The van der Waals surface area contributed by atoms with E-state index in [1.165, 1.54) is 12.1 Å². The zero-order chi connectivity index (χ0) is 20.5. The summed E-state index contributed by atoms with van der Waals surface area (Å²) in [5.74, 6) is -1.05. The first-order valence-corrected chi connectivity index (χ1v) is 8.83. The third-order valence-corrected chi connectivity index (χ3v) is 5.46. The fourth-order valence-electron chi connectivity index (χ4n) is 3.65. The van der Waals surface area contributed by atoms with Crippen LogP contribution in [0.2, 0.25) is 0 Å². The third-order valence-electron chi connectivity index (χ3n) is 5.46. The van der Waals surface area contributed by atoms with Crippen molar-refractivity contribution in [1.29, 1.82) is 5.26 Å². The normalized spacial score (nSPS) is 22.5. The lowest BCUT2D eigenvalue weighted by molar-refractivity contribution is -0.143. The number of rotatable bonds is 3. The fourth-order valence-corrected chi connectivity index (χ4v) is 3.65. The molecule has 0 saturated carbocycles. The Morgan fingerprint density at radius 2 is 1.79 bits per heavy atom. The Kier molecular flexibility index (Phi) is 5.07. The van der Waals surface area contributed by atoms with Crippen molar-refractivity contribution in [3.63, 3.8) is 0 Å². The first-order chi connectivity index (χ1) is 13.1. The molecule has 2 aromatic carbocycles. The Hall–Kier alpha value is -3.01. The Bertz CT molecular complexity index is 901. The zero-order valence-electron chi connectivity index (χ0n) is 15.2. The monoisotopic (exact) mass is 388 g/mol. The van der Waals surface area contributed by atoms with Crippen LogP contribution in [0, 0.1) is 11.3 Å². The molecule has 28 heavy (non-hydrogen) atoms. The second-order valence-electron chi connectivity index (χ2n) is 7.20. The molecule has 2 aromatic rings. The van der Waals surface area contributed by atoms with Crippen molar-refractivity contribution < 1.29 is 23.1 Å². The van der Waals surface area contributed by atoms with Crippen molar-refractivity contribution in [1.82, 2.24) is 0 Å².